The molecule has 0 rings (SSSR count). The zero-order valence-corrected chi connectivity index (χ0v) is 46.3. The van der Waals surface area contributed by atoms with Gasteiger partial charge in [-0.3, -0.25) is 14.4 Å². The number of rotatable bonds is 56. The first kappa shape index (κ1) is 66.6. The Morgan fingerprint density at radius 1 is 0.290 bits per heavy atom. The summed E-state index contributed by atoms with van der Waals surface area (Å²) in [5.74, 6) is -0.867. The van der Waals surface area contributed by atoms with Gasteiger partial charge in [0.1, 0.15) is 13.2 Å². The van der Waals surface area contributed by atoms with Gasteiger partial charge < -0.3 is 14.2 Å². The summed E-state index contributed by atoms with van der Waals surface area (Å²) in [5.41, 5.74) is 0. The van der Waals surface area contributed by atoms with Crippen LogP contribution in [0.5, 0.6) is 0 Å². The Bertz CT molecular complexity index is 1160. The van der Waals surface area contributed by atoms with E-state index in [1.165, 1.54) is 218 Å². The van der Waals surface area contributed by atoms with Crippen molar-refractivity contribution in [2.75, 3.05) is 13.2 Å². The van der Waals surface area contributed by atoms with E-state index >= 15 is 0 Å². The average molecular weight is 970 g/mol. The summed E-state index contributed by atoms with van der Waals surface area (Å²) in [6.45, 7) is 6.62. The van der Waals surface area contributed by atoms with Gasteiger partial charge in [-0.05, 0) is 70.6 Å². The standard InChI is InChI=1S/C63H116O6/c1-4-7-10-13-16-19-22-24-26-28-30-31-33-35-37-39-42-45-48-51-54-57-63(66)69-60(58-67-61(64)55-52-49-46-43-40-21-18-15-12-9-6-3)59-68-62(65)56-53-50-47-44-41-38-36-34-32-29-27-25-23-20-17-14-11-8-5-2/h15,17-18,20,25,27,60H,4-14,16,19,21-24,26,28-59H2,1-3H3/b18-15-,20-17-,27-25-/t60-/m0/s1. The maximum absolute atomic E-state index is 12.9. The molecule has 0 radical (unpaired) electrons. The molecule has 0 aromatic heterocycles. The number of hydrogen-bond donors (Lipinski definition) is 0. The van der Waals surface area contributed by atoms with Gasteiger partial charge in [-0.15, -0.1) is 0 Å². The maximum Gasteiger partial charge on any atom is 0.306 e. The van der Waals surface area contributed by atoms with E-state index in [2.05, 4.69) is 57.2 Å². The fourth-order valence-corrected chi connectivity index (χ4v) is 8.99. The topological polar surface area (TPSA) is 78.9 Å². The van der Waals surface area contributed by atoms with Crippen LogP contribution in [0.15, 0.2) is 36.5 Å². The zero-order valence-electron chi connectivity index (χ0n) is 46.3. The Morgan fingerprint density at radius 2 is 0.536 bits per heavy atom. The maximum atomic E-state index is 12.9. The van der Waals surface area contributed by atoms with Crippen molar-refractivity contribution in [1.82, 2.24) is 0 Å². The molecule has 0 aliphatic rings. The number of carbonyl (C=O) groups excluding carboxylic acids is 3. The normalized spacial score (nSPS) is 12.2. The average Bonchev–Trinajstić information content (AvgIpc) is 3.35. The molecule has 0 bridgehead atoms. The molecule has 1 atom stereocenters. The van der Waals surface area contributed by atoms with Crippen molar-refractivity contribution < 1.29 is 28.6 Å². The molecule has 0 N–H and O–H groups in total. The van der Waals surface area contributed by atoms with Crippen molar-refractivity contribution in [1.29, 1.82) is 0 Å². The van der Waals surface area contributed by atoms with Gasteiger partial charge in [0.25, 0.3) is 0 Å². The molecule has 0 saturated heterocycles. The predicted molar refractivity (Wildman–Crippen MR) is 298 cm³/mol. The van der Waals surface area contributed by atoms with Crippen LogP contribution in [-0.2, 0) is 28.6 Å². The largest absolute Gasteiger partial charge is 0.462 e. The fourth-order valence-electron chi connectivity index (χ4n) is 8.99. The molecule has 0 heterocycles. The van der Waals surface area contributed by atoms with Crippen molar-refractivity contribution in [3.05, 3.63) is 36.5 Å². The summed E-state index contributed by atoms with van der Waals surface area (Å²) >= 11 is 0. The second kappa shape index (κ2) is 58.2. The highest BCUT2D eigenvalue weighted by molar-refractivity contribution is 5.71. The summed E-state index contributed by atoms with van der Waals surface area (Å²) in [5, 5.41) is 0. The molecule has 69 heavy (non-hydrogen) atoms. The van der Waals surface area contributed by atoms with E-state index in [1.54, 1.807) is 0 Å². The summed E-state index contributed by atoms with van der Waals surface area (Å²) < 4.78 is 16.9. The van der Waals surface area contributed by atoms with Gasteiger partial charge in [0, 0.05) is 19.3 Å². The first-order valence-electron chi connectivity index (χ1n) is 30.5. The molecule has 0 unspecified atom stereocenters. The molecule has 0 aromatic rings. The highest BCUT2D eigenvalue weighted by Gasteiger charge is 2.19. The van der Waals surface area contributed by atoms with E-state index in [9.17, 15) is 14.4 Å². The lowest BCUT2D eigenvalue weighted by atomic mass is 10.0. The molecule has 0 amide bonds. The third-order valence-electron chi connectivity index (χ3n) is 13.6. The van der Waals surface area contributed by atoms with Gasteiger partial charge in [-0.25, -0.2) is 0 Å². The molecule has 0 saturated carbocycles. The number of hydrogen-bond acceptors (Lipinski definition) is 6. The highest BCUT2D eigenvalue weighted by Crippen LogP contribution is 2.17. The van der Waals surface area contributed by atoms with E-state index in [4.69, 9.17) is 14.2 Å². The van der Waals surface area contributed by atoms with E-state index in [-0.39, 0.29) is 31.1 Å². The first-order chi connectivity index (χ1) is 34.0. The third-order valence-corrected chi connectivity index (χ3v) is 13.6. The minimum absolute atomic E-state index is 0.0734. The SMILES string of the molecule is CCCC/C=C\CCCCCCCC(=O)OC[C@@H](COC(=O)CCCCCCCCCCC/C=C\C/C=C\CCCCC)OC(=O)CCCCCCCCCCCCCCCCCCCCCCC. The number of unbranched alkanes of at least 4 members (excludes halogenated alkanes) is 39. The quantitative estimate of drug-likeness (QED) is 0.0261. The van der Waals surface area contributed by atoms with Crippen LogP contribution >= 0.6 is 0 Å². The third kappa shape index (κ3) is 56.4. The first-order valence-corrected chi connectivity index (χ1v) is 30.5. The molecule has 0 aromatic carbocycles. The van der Waals surface area contributed by atoms with Crippen LogP contribution in [0.25, 0.3) is 0 Å². The summed E-state index contributed by atoms with van der Waals surface area (Å²) in [6, 6.07) is 0. The minimum Gasteiger partial charge on any atom is -0.462 e. The van der Waals surface area contributed by atoms with Gasteiger partial charge in [0.05, 0.1) is 0 Å². The predicted octanol–water partition coefficient (Wildman–Crippen LogP) is 20.4. The van der Waals surface area contributed by atoms with Gasteiger partial charge in [0.15, 0.2) is 6.10 Å². The van der Waals surface area contributed by atoms with Crippen LogP contribution in [0.3, 0.4) is 0 Å². The van der Waals surface area contributed by atoms with Gasteiger partial charge in [0.2, 0.25) is 0 Å². The van der Waals surface area contributed by atoms with Crippen LogP contribution in [0.2, 0.25) is 0 Å². The molecule has 0 aliphatic heterocycles. The molecule has 0 spiro atoms. The van der Waals surface area contributed by atoms with Crippen molar-refractivity contribution in [3.8, 4) is 0 Å². The van der Waals surface area contributed by atoms with Gasteiger partial charge >= 0.3 is 17.9 Å². The summed E-state index contributed by atoms with van der Waals surface area (Å²) in [6.07, 6.45) is 70.0. The highest BCUT2D eigenvalue weighted by atomic mass is 16.6. The van der Waals surface area contributed by atoms with E-state index in [0.29, 0.717) is 19.3 Å². The summed E-state index contributed by atoms with van der Waals surface area (Å²) in [4.78, 5) is 38.2. The minimum atomic E-state index is -0.774. The smallest absolute Gasteiger partial charge is 0.306 e. The van der Waals surface area contributed by atoms with Gasteiger partial charge in [-0.2, -0.15) is 0 Å². The van der Waals surface area contributed by atoms with Crippen LogP contribution in [-0.4, -0.2) is 37.2 Å². The fraction of sp³-hybridized carbons (Fsp3) is 0.857. The summed E-state index contributed by atoms with van der Waals surface area (Å²) in [7, 11) is 0. The molecular formula is C63H116O6. The van der Waals surface area contributed by atoms with Crippen LogP contribution in [0, 0.1) is 0 Å². The van der Waals surface area contributed by atoms with Crippen LogP contribution < -0.4 is 0 Å². The van der Waals surface area contributed by atoms with E-state index < -0.39 is 6.10 Å². The molecule has 6 heteroatoms. The Morgan fingerprint density at radius 3 is 0.884 bits per heavy atom. The van der Waals surface area contributed by atoms with E-state index in [0.717, 1.165) is 70.6 Å². The Balaban J connectivity index is 4.26. The number of esters is 3. The molecule has 0 fully saturated rings. The van der Waals surface area contributed by atoms with Crippen molar-refractivity contribution in [2.45, 2.75) is 335 Å². The lowest BCUT2D eigenvalue weighted by molar-refractivity contribution is -0.167. The molecular weight excluding hydrogens is 853 g/mol. The van der Waals surface area contributed by atoms with Crippen molar-refractivity contribution >= 4 is 17.9 Å². The second-order valence-electron chi connectivity index (χ2n) is 20.6. The lowest BCUT2D eigenvalue weighted by Crippen LogP contribution is -2.30. The molecule has 404 valence electrons. The number of ether oxygens (including phenoxy) is 3. The van der Waals surface area contributed by atoms with Crippen LogP contribution in [0.4, 0.5) is 0 Å². The van der Waals surface area contributed by atoms with Crippen molar-refractivity contribution in [3.63, 3.8) is 0 Å². The van der Waals surface area contributed by atoms with E-state index in [1.807, 2.05) is 0 Å². The lowest BCUT2D eigenvalue weighted by Gasteiger charge is -2.18. The Kier molecular flexibility index (Phi) is 56.2. The van der Waals surface area contributed by atoms with Crippen LogP contribution in [0.1, 0.15) is 329 Å². The second-order valence-corrected chi connectivity index (χ2v) is 20.6. The Labute approximate surface area is 429 Å². The van der Waals surface area contributed by atoms with Crippen molar-refractivity contribution in [2.24, 2.45) is 0 Å². The number of allylic oxidation sites excluding steroid dienone is 6. The number of carbonyl (C=O) groups is 3. The molecule has 6 nitrogen and oxygen atoms in total. The zero-order chi connectivity index (χ0) is 50.0. The van der Waals surface area contributed by atoms with Gasteiger partial charge in [-0.1, -0.05) is 276 Å². The Hall–Kier alpha value is -2.37. The monoisotopic (exact) mass is 969 g/mol. The molecule has 0 aliphatic carbocycles.